The van der Waals surface area contributed by atoms with Gasteiger partial charge in [-0.3, -0.25) is 4.90 Å². The first-order valence-corrected chi connectivity index (χ1v) is 8.09. The molecule has 19 heavy (non-hydrogen) atoms. The lowest BCUT2D eigenvalue weighted by atomic mass is 9.86. The number of hydrogen-bond donors (Lipinski definition) is 1. The molecule has 2 atom stereocenters. The van der Waals surface area contributed by atoms with E-state index in [0.29, 0.717) is 11.5 Å². The maximum absolute atomic E-state index is 3.76. The molecule has 2 unspecified atom stereocenters. The van der Waals surface area contributed by atoms with Crippen LogP contribution in [0, 0.1) is 5.41 Å². The standard InChI is InChI=1S/C16H33N3/c1-6-17-15-14(7-10-16(15,2)3)19(5)13-8-11-18(4)12-9-13/h13-15,17H,6-12H2,1-5H3. The Morgan fingerprint density at radius 1 is 1.21 bits per heavy atom. The topological polar surface area (TPSA) is 18.5 Å². The van der Waals surface area contributed by atoms with Crippen LogP contribution >= 0.6 is 0 Å². The van der Waals surface area contributed by atoms with E-state index in [1.54, 1.807) is 0 Å². The van der Waals surface area contributed by atoms with Crippen LogP contribution in [0.5, 0.6) is 0 Å². The molecule has 112 valence electrons. The predicted molar refractivity (Wildman–Crippen MR) is 82.5 cm³/mol. The van der Waals surface area contributed by atoms with Crippen molar-refractivity contribution in [3.05, 3.63) is 0 Å². The van der Waals surface area contributed by atoms with Gasteiger partial charge in [-0.05, 0) is 64.8 Å². The van der Waals surface area contributed by atoms with E-state index in [1.165, 1.54) is 38.8 Å². The third kappa shape index (κ3) is 3.32. The van der Waals surface area contributed by atoms with Crippen molar-refractivity contribution in [3.63, 3.8) is 0 Å². The van der Waals surface area contributed by atoms with E-state index < -0.39 is 0 Å². The molecule has 1 aliphatic heterocycles. The van der Waals surface area contributed by atoms with Crippen LogP contribution in [0.2, 0.25) is 0 Å². The molecule has 0 aromatic carbocycles. The Kier molecular flexibility index (Phi) is 4.91. The molecule has 2 rings (SSSR count). The van der Waals surface area contributed by atoms with Gasteiger partial charge in [0.25, 0.3) is 0 Å². The van der Waals surface area contributed by atoms with Crippen LogP contribution in [0.1, 0.15) is 46.5 Å². The van der Waals surface area contributed by atoms with Gasteiger partial charge < -0.3 is 10.2 Å². The summed E-state index contributed by atoms with van der Waals surface area (Å²) in [5.41, 5.74) is 0.445. The lowest BCUT2D eigenvalue weighted by molar-refractivity contribution is 0.0854. The highest BCUT2D eigenvalue weighted by Crippen LogP contribution is 2.40. The molecule has 0 aromatic heterocycles. The third-order valence-electron chi connectivity index (χ3n) is 5.52. The fourth-order valence-electron chi connectivity index (χ4n) is 4.11. The van der Waals surface area contributed by atoms with E-state index in [2.05, 4.69) is 50.0 Å². The molecular formula is C16H33N3. The molecule has 0 radical (unpaired) electrons. The second kappa shape index (κ2) is 6.11. The molecule has 3 heteroatoms. The van der Waals surface area contributed by atoms with Crippen molar-refractivity contribution >= 4 is 0 Å². The molecule has 1 aliphatic carbocycles. The van der Waals surface area contributed by atoms with Gasteiger partial charge in [-0.1, -0.05) is 20.8 Å². The van der Waals surface area contributed by atoms with Crippen molar-refractivity contribution in [1.29, 1.82) is 0 Å². The molecule has 1 saturated heterocycles. The third-order valence-corrected chi connectivity index (χ3v) is 5.52. The van der Waals surface area contributed by atoms with Gasteiger partial charge in [0.15, 0.2) is 0 Å². The van der Waals surface area contributed by atoms with Gasteiger partial charge in [0.05, 0.1) is 0 Å². The Balaban J connectivity index is 1.99. The van der Waals surface area contributed by atoms with E-state index in [1.807, 2.05) is 0 Å². The zero-order valence-electron chi connectivity index (χ0n) is 13.6. The minimum absolute atomic E-state index is 0.445. The molecular weight excluding hydrogens is 234 g/mol. The van der Waals surface area contributed by atoms with Crippen LogP contribution in [-0.2, 0) is 0 Å². The quantitative estimate of drug-likeness (QED) is 0.842. The maximum atomic E-state index is 3.76. The van der Waals surface area contributed by atoms with Gasteiger partial charge >= 0.3 is 0 Å². The number of nitrogens with one attached hydrogen (secondary N) is 1. The normalized spacial score (nSPS) is 33.2. The number of likely N-dealkylation sites (N-methyl/N-ethyl adjacent to an activating group) is 2. The zero-order valence-corrected chi connectivity index (χ0v) is 13.6. The van der Waals surface area contributed by atoms with Crippen molar-refractivity contribution in [1.82, 2.24) is 15.1 Å². The monoisotopic (exact) mass is 267 g/mol. The van der Waals surface area contributed by atoms with Crippen molar-refractivity contribution < 1.29 is 0 Å². The Morgan fingerprint density at radius 3 is 2.42 bits per heavy atom. The molecule has 2 fully saturated rings. The molecule has 0 bridgehead atoms. The summed E-state index contributed by atoms with van der Waals surface area (Å²) in [6, 6.07) is 2.17. The average molecular weight is 267 g/mol. The highest BCUT2D eigenvalue weighted by atomic mass is 15.2. The first-order chi connectivity index (χ1) is 8.95. The number of hydrogen-bond acceptors (Lipinski definition) is 3. The van der Waals surface area contributed by atoms with Gasteiger partial charge in [-0.25, -0.2) is 0 Å². The molecule has 1 saturated carbocycles. The lowest BCUT2D eigenvalue weighted by Crippen LogP contribution is -2.54. The smallest absolute Gasteiger partial charge is 0.0274 e. The number of rotatable bonds is 4. The number of likely N-dealkylation sites (tertiary alicyclic amines) is 1. The molecule has 0 aromatic rings. The van der Waals surface area contributed by atoms with E-state index in [0.717, 1.165) is 18.6 Å². The van der Waals surface area contributed by atoms with E-state index in [-0.39, 0.29) is 0 Å². The predicted octanol–water partition coefficient (Wildman–Crippen LogP) is 2.18. The first-order valence-electron chi connectivity index (χ1n) is 8.09. The molecule has 3 nitrogen and oxygen atoms in total. The summed E-state index contributed by atoms with van der Waals surface area (Å²) in [5.74, 6) is 0. The summed E-state index contributed by atoms with van der Waals surface area (Å²) >= 11 is 0. The minimum atomic E-state index is 0.445. The van der Waals surface area contributed by atoms with Gasteiger partial charge in [-0.2, -0.15) is 0 Å². The molecule has 2 aliphatic rings. The average Bonchev–Trinajstić information content (AvgIpc) is 2.66. The molecule has 0 amide bonds. The van der Waals surface area contributed by atoms with Crippen LogP contribution in [0.15, 0.2) is 0 Å². The maximum Gasteiger partial charge on any atom is 0.0274 e. The number of piperidine rings is 1. The van der Waals surface area contributed by atoms with Crippen LogP contribution in [0.4, 0.5) is 0 Å². The van der Waals surface area contributed by atoms with Gasteiger partial charge in [0.1, 0.15) is 0 Å². The summed E-state index contributed by atoms with van der Waals surface area (Å²) in [4.78, 5) is 5.17. The fourth-order valence-corrected chi connectivity index (χ4v) is 4.11. The Labute approximate surface area is 119 Å². The minimum Gasteiger partial charge on any atom is -0.312 e. The molecule has 1 heterocycles. The van der Waals surface area contributed by atoms with E-state index in [4.69, 9.17) is 0 Å². The fraction of sp³-hybridized carbons (Fsp3) is 1.00. The second-order valence-corrected chi connectivity index (χ2v) is 7.33. The summed E-state index contributed by atoms with van der Waals surface area (Å²) in [5, 5.41) is 3.76. The highest BCUT2D eigenvalue weighted by molar-refractivity contribution is 5.01. The summed E-state index contributed by atoms with van der Waals surface area (Å²) in [6.45, 7) is 10.7. The second-order valence-electron chi connectivity index (χ2n) is 7.33. The summed E-state index contributed by atoms with van der Waals surface area (Å²) in [6.07, 6.45) is 5.38. The van der Waals surface area contributed by atoms with E-state index in [9.17, 15) is 0 Å². The Morgan fingerprint density at radius 2 is 1.84 bits per heavy atom. The van der Waals surface area contributed by atoms with E-state index >= 15 is 0 Å². The van der Waals surface area contributed by atoms with Crippen LogP contribution in [-0.4, -0.2) is 61.7 Å². The van der Waals surface area contributed by atoms with Gasteiger partial charge in [0, 0.05) is 18.1 Å². The lowest BCUT2D eigenvalue weighted by Gasteiger charge is -2.42. The van der Waals surface area contributed by atoms with Crippen molar-refractivity contribution in [2.45, 2.75) is 64.6 Å². The van der Waals surface area contributed by atoms with Crippen LogP contribution in [0.3, 0.4) is 0 Å². The largest absolute Gasteiger partial charge is 0.312 e. The molecule has 0 spiro atoms. The van der Waals surface area contributed by atoms with Crippen LogP contribution in [0.25, 0.3) is 0 Å². The van der Waals surface area contributed by atoms with Crippen molar-refractivity contribution in [2.75, 3.05) is 33.7 Å². The SMILES string of the molecule is CCNC1C(N(C)C2CCN(C)CC2)CCC1(C)C. The first kappa shape index (κ1) is 15.3. The van der Waals surface area contributed by atoms with Crippen molar-refractivity contribution in [3.8, 4) is 0 Å². The Hall–Kier alpha value is -0.120. The van der Waals surface area contributed by atoms with Crippen molar-refractivity contribution in [2.24, 2.45) is 5.41 Å². The number of nitrogens with zero attached hydrogens (tertiary/aromatic N) is 2. The zero-order chi connectivity index (χ0) is 14.0. The molecule has 1 N–H and O–H groups in total. The summed E-state index contributed by atoms with van der Waals surface area (Å²) in [7, 11) is 4.61. The van der Waals surface area contributed by atoms with Gasteiger partial charge in [-0.15, -0.1) is 0 Å². The highest BCUT2D eigenvalue weighted by Gasteiger charge is 2.44. The van der Waals surface area contributed by atoms with Gasteiger partial charge in [0.2, 0.25) is 0 Å². The summed E-state index contributed by atoms with van der Waals surface area (Å²) < 4.78 is 0. The Bertz CT molecular complexity index is 282. The van der Waals surface area contributed by atoms with Crippen LogP contribution < -0.4 is 5.32 Å².